The highest BCUT2D eigenvalue weighted by molar-refractivity contribution is 4.41. The minimum Gasteiger partial charge on any atom is -0.130 e. The van der Waals surface area contributed by atoms with Gasteiger partial charge in [0, 0.05) is 0 Å². The molecule has 0 heterocycles. The molecule has 0 fully saturated rings. The van der Waals surface area contributed by atoms with Gasteiger partial charge < -0.3 is 0 Å². The SMILES string of the molecule is CCCC[N+](F)(CCCC)CCCC. The summed E-state index contributed by atoms with van der Waals surface area (Å²) >= 11 is 0. The number of rotatable bonds is 9. The van der Waals surface area contributed by atoms with E-state index >= 15 is 0 Å². The summed E-state index contributed by atoms with van der Waals surface area (Å²) in [6, 6.07) is 0. The molecule has 0 N–H and O–H groups in total. The van der Waals surface area contributed by atoms with Crippen LogP contribution in [0.5, 0.6) is 0 Å². The molecule has 0 spiro atoms. The highest BCUT2D eigenvalue weighted by atomic mass is 19.2. The normalized spacial score (nSPS) is 12.0. The van der Waals surface area contributed by atoms with E-state index in [2.05, 4.69) is 20.8 Å². The summed E-state index contributed by atoms with van der Waals surface area (Å²) in [7, 11) is 0. The van der Waals surface area contributed by atoms with E-state index < -0.39 is 0 Å². The third-order valence-corrected chi connectivity index (χ3v) is 2.74. The van der Waals surface area contributed by atoms with Gasteiger partial charge in [0.05, 0.1) is 0 Å². The average molecular weight is 204 g/mol. The first-order chi connectivity index (χ1) is 6.68. The van der Waals surface area contributed by atoms with Crippen LogP contribution in [0.3, 0.4) is 0 Å². The highest BCUT2D eigenvalue weighted by Gasteiger charge is 2.26. The second-order valence-electron chi connectivity index (χ2n) is 4.26. The van der Waals surface area contributed by atoms with Crippen LogP contribution in [-0.2, 0) is 0 Å². The van der Waals surface area contributed by atoms with Gasteiger partial charge in [0.1, 0.15) is 19.6 Å². The van der Waals surface area contributed by atoms with Gasteiger partial charge in [-0.1, -0.05) is 40.0 Å². The predicted octanol–water partition coefficient (Wildman–Crippen LogP) is 4.09. The summed E-state index contributed by atoms with van der Waals surface area (Å²) in [4.78, 5) is 0. The number of hydrogen-bond acceptors (Lipinski definition) is 0. The maximum atomic E-state index is 14.3. The monoisotopic (exact) mass is 204 g/mol. The molecule has 0 aliphatic carbocycles. The molecule has 0 atom stereocenters. The molecule has 0 aliphatic heterocycles. The minimum absolute atomic E-state index is 0.185. The van der Waals surface area contributed by atoms with Crippen LogP contribution in [-0.4, -0.2) is 24.3 Å². The van der Waals surface area contributed by atoms with Crippen molar-refractivity contribution < 1.29 is 9.19 Å². The molecule has 1 nitrogen and oxygen atoms in total. The van der Waals surface area contributed by atoms with Crippen LogP contribution >= 0.6 is 0 Å². The molecule has 86 valence electrons. The van der Waals surface area contributed by atoms with E-state index in [9.17, 15) is 4.48 Å². The Hall–Kier alpha value is -0.110. The number of halogens is 1. The fourth-order valence-corrected chi connectivity index (χ4v) is 1.66. The van der Waals surface area contributed by atoms with Gasteiger partial charge in [-0.3, -0.25) is 0 Å². The zero-order valence-corrected chi connectivity index (χ0v) is 10.2. The van der Waals surface area contributed by atoms with Crippen molar-refractivity contribution in [3.63, 3.8) is 0 Å². The van der Waals surface area contributed by atoms with Crippen molar-refractivity contribution >= 4 is 0 Å². The van der Waals surface area contributed by atoms with E-state index in [1.54, 1.807) is 0 Å². The van der Waals surface area contributed by atoms with Gasteiger partial charge in [-0.2, -0.15) is 0 Å². The van der Waals surface area contributed by atoms with Crippen molar-refractivity contribution in [2.75, 3.05) is 19.6 Å². The first-order valence-corrected chi connectivity index (χ1v) is 6.24. The largest absolute Gasteiger partial charge is 0.130 e. The van der Waals surface area contributed by atoms with E-state index in [1.165, 1.54) is 0 Å². The molecule has 0 amide bonds. The van der Waals surface area contributed by atoms with Crippen molar-refractivity contribution in [2.45, 2.75) is 59.3 Å². The van der Waals surface area contributed by atoms with E-state index in [4.69, 9.17) is 0 Å². The molecule has 14 heavy (non-hydrogen) atoms. The van der Waals surface area contributed by atoms with Crippen LogP contribution in [0.4, 0.5) is 4.48 Å². The quantitative estimate of drug-likeness (QED) is 0.496. The van der Waals surface area contributed by atoms with Crippen molar-refractivity contribution in [2.24, 2.45) is 0 Å². The van der Waals surface area contributed by atoms with Crippen LogP contribution in [0.25, 0.3) is 0 Å². The predicted molar refractivity (Wildman–Crippen MR) is 60.7 cm³/mol. The van der Waals surface area contributed by atoms with Crippen LogP contribution in [0, 0.1) is 0 Å². The molecule has 0 aromatic rings. The fraction of sp³-hybridized carbons (Fsp3) is 1.00. The standard InChI is InChI=1S/C12H27FN/c1-4-7-10-14(13,11-8-5-2)12-9-6-3/h4-12H2,1-3H3/q+1. The topological polar surface area (TPSA) is 0 Å². The van der Waals surface area contributed by atoms with Gasteiger partial charge in [-0.25, -0.2) is 0 Å². The Bertz CT molecular complexity index is 104. The molecule has 0 saturated carbocycles. The van der Waals surface area contributed by atoms with Gasteiger partial charge in [-0.05, 0) is 23.7 Å². The van der Waals surface area contributed by atoms with Crippen molar-refractivity contribution in [1.29, 1.82) is 0 Å². The lowest BCUT2D eigenvalue weighted by Gasteiger charge is -2.26. The molecule has 0 radical (unpaired) electrons. The Labute approximate surface area is 88.8 Å². The Kier molecular flexibility index (Phi) is 8.15. The van der Waals surface area contributed by atoms with Crippen LogP contribution in [0.15, 0.2) is 0 Å². The summed E-state index contributed by atoms with van der Waals surface area (Å²) in [6.07, 6.45) is 6.35. The smallest absolute Gasteiger partial charge is 0.115 e. The second kappa shape index (κ2) is 8.22. The lowest BCUT2D eigenvalue weighted by atomic mass is 10.2. The first-order valence-electron chi connectivity index (χ1n) is 6.24. The Morgan fingerprint density at radius 3 is 1.21 bits per heavy atom. The maximum absolute atomic E-state index is 14.3. The molecule has 0 bridgehead atoms. The van der Waals surface area contributed by atoms with Crippen LogP contribution in [0.1, 0.15) is 59.3 Å². The molecule has 0 aliphatic rings. The number of hydrogen-bond donors (Lipinski definition) is 0. The van der Waals surface area contributed by atoms with E-state index in [0.29, 0.717) is 0 Å². The maximum Gasteiger partial charge on any atom is 0.115 e. The Morgan fingerprint density at radius 2 is 1.00 bits per heavy atom. The summed E-state index contributed by atoms with van der Waals surface area (Å²) in [5.74, 6) is 0. The lowest BCUT2D eigenvalue weighted by Crippen LogP contribution is -2.42. The molecule has 0 unspecified atom stereocenters. The van der Waals surface area contributed by atoms with Crippen LogP contribution in [0.2, 0.25) is 0 Å². The summed E-state index contributed by atoms with van der Waals surface area (Å²) < 4.78 is 14.1. The minimum atomic E-state index is -0.185. The summed E-state index contributed by atoms with van der Waals surface area (Å²) in [6.45, 7) is 8.54. The molecule has 0 rings (SSSR count). The highest BCUT2D eigenvalue weighted by Crippen LogP contribution is 2.14. The molecule has 0 saturated heterocycles. The number of nitrogens with zero attached hydrogens (tertiary/aromatic N) is 1. The molecule has 0 aromatic heterocycles. The van der Waals surface area contributed by atoms with E-state index in [0.717, 1.165) is 58.2 Å². The van der Waals surface area contributed by atoms with Gasteiger partial charge in [0.15, 0.2) is 0 Å². The Balaban J connectivity index is 3.89. The van der Waals surface area contributed by atoms with Gasteiger partial charge in [0.25, 0.3) is 0 Å². The third-order valence-electron chi connectivity index (χ3n) is 2.74. The van der Waals surface area contributed by atoms with Crippen molar-refractivity contribution in [3.05, 3.63) is 0 Å². The number of unbranched alkanes of at least 4 members (excludes halogenated alkanes) is 3. The second-order valence-corrected chi connectivity index (χ2v) is 4.26. The zero-order chi connectivity index (χ0) is 10.9. The zero-order valence-electron chi connectivity index (χ0n) is 10.2. The number of quaternary nitrogens is 1. The summed E-state index contributed by atoms with van der Waals surface area (Å²) in [5.41, 5.74) is 0. The molecule has 2 heteroatoms. The van der Waals surface area contributed by atoms with Crippen molar-refractivity contribution in [1.82, 2.24) is 0 Å². The van der Waals surface area contributed by atoms with Crippen molar-refractivity contribution in [3.8, 4) is 0 Å². The van der Waals surface area contributed by atoms with E-state index in [-0.39, 0.29) is 4.71 Å². The third kappa shape index (κ3) is 6.36. The Morgan fingerprint density at radius 1 is 0.714 bits per heavy atom. The fourth-order valence-electron chi connectivity index (χ4n) is 1.66. The average Bonchev–Trinajstić information content (AvgIpc) is 2.21. The molecular weight excluding hydrogens is 177 g/mol. The van der Waals surface area contributed by atoms with Gasteiger partial charge in [0.2, 0.25) is 0 Å². The van der Waals surface area contributed by atoms with Crippen LogP contribution < -0.4 is 0 Å². The lowest BCUT2D eigenvalue weighted by molar-refractivity contribution is -1.06. The first kappa shape index (κ1) is 13.9. The summed E-state index contributed by atoms with van der Waals surface area (Å²) in [5, 5.41) is 0. The van der Waals surface area contributed by atoms with E-state index in [1.807, 2.05) is 0 Å². The molecular formula is C12H27FN+. The van der Waals surface area contributed by atoms with Gasteiger partial charge in [-0.15, -0.1) is 4.71 Å². The van der Waals surface area contributed by atoms with Gasteiger partial charge >= 0.3 is 0 Å². The molecule has 0 aromatic carbocycles.